The van der Waals surface area contributed by atoms with Gasteiger partial charge in [-0.2, -0.15) is 0 Å². The van der Waals surface area contributed by atoms with Crippen molar-refractivity contribution in [3.63, 3.8) is 0 Å². The van der Waals surface area contributed by atoms with Gasteiger partial charge in [0, 0.05) is 35.8 Å². The summed E-state index contributed by atoms with van der Waals surface area (Å²) in [6, 6.07) is 10.3. The van der Waals surface area contributed by atoms with Crippen molar-refractivity contribution in [1.82, 2.24) is 20.3 Å². The van der Waals surface area contributed by atoms with Crippen molar-refractivity contribution in [3.8, 4) is 0 Å². The van der Waals surface area contributed by atoms with Gasteiger partial charge in [0.15, 0.2) is 0 Å². The van der Waals surface area contributed by atoms with Crippen LogP contribution in [0.5, 0.6) is 0 Å². The van der Waals surface area contributed by atoms with Crippen LogP contribution in [0, 0.1) is 0 Å². The van der Waals surface area contributed by atoms with Crippen LogP contribution in [0.15, 0.2) is 42.9 Å². The van der Waals surface area contributed by atoms with E-state index in [0.29, 0.717) is 17.6 Å². The van der Waals surface area contributed by atoms with Crippen LogP contribution in [0.3, 0.4) is 0 Å². The molecule has 0 atom stereocenters. The molecule has 1 aliphatic rings. The van der Waals surface area contributed by atoms with Crippen LogP contribution in [-0.4, -0.2) is 33.4 Å². The van der Waals surface area contributed by atoms with E-state index in [1.807, 2.05) is 18.3 Å². The van der Waals surface area contributed by atoms with E-state index in [0.717, 1.165) is 31.3 Å². The Kier molecular flexibility index (Phi) is 3.86. The van der Waals surface area contributed by atoms with E-state index < -0.39 is 0 Å². The van der Waals surface area contributed by atoms with E-state index in [2.05, 4.69) is 37.7 Å². The number of hydrogen-bond acceptors (Lipinski definition) is 4. The minimum absolute atomic E-state index is 0.125. The molecule has 1 aromatic carbocycles. The van der Waals surface area contributed by atoms with Gasteiger partial charge in [0.2, 0.25) is 0 Å². The molecule has 3 aromatic rings. The molecule has 1 fully saturated rings. The number of amides is 1. The second-order valence-electron chi connectivity index (χ2n) is 6.07. The maximum absolute atomic E-state index is 12.0. The van der Waals surface area contributed by atoms with Gasteiger partial charge in [0.1, 0.15) is 17.8 Å². The molecular weight excluding hydrogens is 302 g/mol. The molecule has 0 aliphatic heterocycles. The number of anilines is 1. The standard InChI is InChI=1S/C18H19N5O/c24-18(23-13-5-6-13)16-9-17(22-11-21-16)19-8-7-12-10-20-15-4-2-1-3-14(12)15/h1-4,9-11,13,20H,5-8H2,(H,23,24)(H,19,21,22). The van der Waals surface area contributed by atoms with Crippen LogP contribution in [0.25, 0.3) is 10.9 Å². The summed E-state index contributed by atoms with van der Waals surface area (Å²) in [7, 11) is 0. The van der Waals surface area contributed by atoms with E-state index in [-0.39, 0.29) is 5.91 Å². The molecule has 6 nitrogen and oxygen atoms in total. The molecule has 0 radical (unpaired) electrons. The Morgan fingerprint density at radius 2 is 2.12 bits per heavy atom. The second kappa shape index (κ2) is 6.31. The topological polar surface area (TPSA) is 82.7 Å². The van der Waals surface area contributed by atoms with Gasteiger partial charge in [-0.05, 0) is 30.9 Å². The zero-order valence-corrected chi connectivity index (χ0v) is 13.2. The number of nitrogens with one attached hydrogen (secondary N) is 3. The maximum atomic E-state index is 12.0. The number of hydrogen-bond donors (Lipinski definition) is 3. The lowest BCUT2D eigenvalue weighted by atomic mass is 10.1. The largest absolute Gasteiger partial charge is 0.370 e. The van der Waals surface area contributed by atoms with Crippen LogP contribution in [0.1, 0.15) is 28.9 Å². The first-order chi connectivity index (χ1) is 11.8. The molecule has 122 valence electrons. The van der Waals surface area contributed by atoms with Gasteiger partial charge in [0.25, 0.3) is 5.91 Å². The molecule has 1 saturated carbocycles. The lowest BCUT2D eigenvalue weighted by molar-refractivity contribution is 0.0946. The van der Waals surface area contributed by atoms with E-state index >= 15 is 0 Å². The first-order valence-corrected chi connectivity index (χ1v) is 8.21. The number of nitrogens with zero attached hydrogens (tertiary/aromatic N) is 2. The Labute approximate surface area is 139 Å². The molecule has 1 aliphatic carbocycles. The Bertz CT molecular complexity index is 868. The molecule has 6 heteroatoms. The van der Waals surface area contributed by atoms with Crippen LogP contribution in [0.2, 0.25) is 0 Å². The molecule has 0 saturated heterocycles. The highest BCUT2D eigenvalue weighted by Crippen LogP contribution is 2.20. The fourth-order valence-corrected chi connectivity index (χ4v) is 2.73. The Balaban J connectivity index is 1.38. The predicted molar refractivity (Wildman–Crippen MR) is 93.0 cm³/mol. The Morgan fingerprint density at radius 3 is 3.00 bits per heavy atom. The summed E-state index contributed by atoms with van der Waals surface area (Å²) in [5.74, 6) is 0.547. The number of rotatable bonds is 6. The van der Waals surface area contributed by atoms with Crippen molar-refractivity contribution in [1.29, 1.82) is 0 Å². The first-order valence-electron chi connectivity index (χ1n) is 8.21. The zero-order chi connectivity index (χ0) is 16.4. The van der Waals surface area contributed by atoms with Gasteiger partial charge in [-0.15, -0.1) is 0 Å². The van der Waals surface area contributed by atoms with Gasteiger partial charge in [0.05, 0.1) is 0 Å². The predicted octanol–water partition coefficient (Wildman–Crippen LogP) is 2.50. The SMILES string of the molecule is O=C(NC1CC1)c1cc(NCCc2c[nH]c3ccccc23)ncn1. The summed E-state index contributed by atoms with van der Waals surface area (Å²) >= 11 is 0. The summed E-state index contributed by atoms with van der Waals surface area (Å²) in [6.07, 6.45) is 6.47. The highest BCUT2D eigenvalue weighted by atomic mass is 16.2. The lowest BCUT2D eigenvalue weighted by Gasteiger charge is -2.07. The molecule has 0 bridgehead atoms. The fraction of sp³-hybridized carbons (Fsp3) is 0.278. The van der Waals surface area contributed by atoms with Gasteiger partial charge < -0.3 is 15.6 Å². The van der Waals surface area contributed by atoms with E-state index in [9.17, 15) is 4.79 Å². The van der Waals surface area contributed by atoms with E-state index in [4.69, 9.17) is 0 Å². The molecule has 3 N–H and O–H groups in total. The van der Waals surface area contributed by atoms with Crippen LogP contribution in [0.4, 0.5) is 5.82 Å². The smallest absolute Gasteiger partial charge is 0.270 e. The highest BCUT2D eigenvalue weighted by Gasteiger charge is 2.24. The average molecular weight is 321 g/mol. The van der Waals surface area contributed by atoms with Gasteiger partial charge in [-0.1, -0.05) is 18.2 Å². The van der Waals surface area contributed by atoms with Crippen molar-refractivity contribution in [3.05, 3.63) is 54.1 Å². The zero-order valence-electron chi connectivity index (χ0n) is 13.2. The normalized spacial score (nSPS) is 13.8. The van der Waals surface area contributed by atoms with Gasteiger partial charge in [-0.25, -0.2) is 9.97 Å². The number of aromatic nitrogens is 3. The average Bonchev–Trinajstić information content (AvgIpc) is 3.33. The third-order valence-electron chi connectivity index (χ3n) is 4.19. The fourth-order valence-electron chi connectivity index (χ4n) is 2.73. The molecular formula is C18H19N5O. The molecule has 0 unspecified atom stereocenters. The minimum atomic E-state index is -0.125. The van der Waals surface area contributed by atoms with E-state index in [1.54, 1.807) is 6.07 Å². The number of aromatic amines is 1. The number of para-hydroxylation sites is 1. The summed E-state index contributed by atoms with van der Waals surface area (Å²) in [5, 5.41) is 7.44. The third kappa shape index (κ3) is 3.22. The maximum Gasteiger partial charge on any atom is 0.270 e. The Hall–Kier alpha value is -2.89. The molecule has 1 amide bonds. The number of benzene rings is 1. The van der Waals surface area contributed by atoms with Gasteiger partial charge >= 0.3 is 0 Å². The summed E-state index contributed by atoms with van der Waals surface area (Å²) in [5.41, 5.74) is 2.82. The highest BCUT2D eigenvalue weighted by molar-refractivity contribution is 5.93. The van der Waals surface area contributed by atoms with Crippen molar-refractivity contribution in [2.45, 2.75) is 25.3 Å². The van der Waals surface area contributed by atoms with Crippen LogP contribution >= 0.6 is 0 Å². The molecule has 4 rings (SSSR count). The lowest BCUT2D eigenvalue weighted by Crippen LogP contribution is -2.26. The monoisotopic (exact) mass is 321 g/mol. The van der Waals surface area contributed by atoms with Crippen molar-refractivity contribution < 1.29 is 4.79 Å². The molecule has 24 heavy (non-hydrogen) atoms. The summed E-state index contributed by atoms with van der Waals surface area (Å²) in [4.78, 5) is 23.5. The third-order valence-corrected chi connectivity index (χ3v) is 4.19. The number of H-pyrrole nitrogens is 1. The van der Waals surface area contributed by atoms with Crippen LogP contribution in [-0.2, 0) is 6.42 Å². The number of carbonyl (C=O) groups is 1. The van der Waals surface area contributed by atoms with Crippen molar-refractivity contribution in [2.24, 2.45) is 0 Å². The minimum Gasteiger partial charge on any atom is -0.370 e. The van der Waals surface area contributed by atoms with Crippen LogP contribution < -0.4 is 10.6 Å². The second-order valence-corrected chi connectivity index (χ2v) is 6.07. The Morgan fingerprint density at radius 1 is 1.25 bits per heavy atom. The molecule has 2 heterocycles. The van der Waals surface area contributed by atoms with Crippen molar-refractivity contribution >= 4 is 22.6 Å². The van der Waals surface area contributed by atoms with E-state index in [1.165, 1.54) is 17.3 Å². The molecule has 2 aromatic heterocycles. The number of fused-ring (bicyclic) bond motifs is 1. The quantitative estimate of drug-likeness (QED) is 0.651. The van der Waals surface area contributed by atoms with Crippen molar-refractivity contribution in [2.75, 3.05) is 11.9 Å². The first kappa shape index (κ1) is 14.7. The number of carbonyl (C=O) groups excluding carboxylic acids is 1. The summed E-state index contributed by atoms with van der Waals surface area (Å²) < 4.78 is 0. The summed E-state index contributed by atoms with van der Waals surface area (Å²) in [6.45, 7) is 0.739. The van der Waals surface area contributed by atoms with Gasteiger partial charge in [-0.3, -0.25) is 4.79 Å². The molecule has 0 spiro atoms.